The van der Waals surface area contributed by atoms with Crippen LogP contribution in [0.5, 0.6) is 0 Å². The molecule has 1 aliphatic carbocycles. The van der Waals surface area contributed by atoms with Gasteiger partial charge in [0, 0.05) is 12.1 Å². The topological polar surface area (TPSA) is 54.0 Å². The molecule has 0 radical (unpaired) electrons. The lowest BCUT2D eigenvalue weighted by molar-refractivity contribution is -0.124. The molecule has 4 nitrogen and oxygen atoms in total. The largest absolute Gasteiger partial charge is 0.347 e. The van der Waals surface area contributed by atoms with Crippen LogP contribution >= 0.6 is 0 Å². The van der Waals surface area contributed by atoms with Crippen molar-refractivity contribution < 1.29 is 4.79 Å². The van der Waals surface area contributed by atoms with E-state index in [2.05, 4.69) is 46.8 Å². The molecule has 1 saturated heterocycles. The summed E-state index contributed by atoms with van der Waals surface area (Å²) in [7, 11) is 0. The summed E-state index contributed by atoms with van der Waals surface area (Å²) >= 11 is 0. The monoisotopic (exact) mass is 349 g/mol. The lowest BCUT2D eigenvalue weighted by atomic mass is 9.91. The molecule has 1 saturated carbocycles. The first-order valence-electron chi connectivity index (χ1n) is 9.64. The van der Waals surface area contributed by atoms with Crippen molar-refractivity contribution in [3.63, 3.8) is 0 Å². The molecular weight excluding hydrogens is 322 g/mol. The maximum absolute atomic E-state index is 12.9. The summed E-state index contributed by atoms with van der Waals surface area (Å²) in [6.45, 7) is 4.17. The third kappa shape index (κ3) is 3.65. The van der Waals surface area contributed by atoms with Crippen molar-refractivity contribution in [1.82, 2.24) is 15.6 Å². The fourth-order valence-electron chi connectivity index (χ4n) is 4.24. The van der Waals surface area contributed by atoms with E-state index in [0.29, 0.717) is 0 Å². The van der Waals surface area contributed by atoms with Crippen molar-refractivity contribution >= 4 is 5.91 Å². The van der Waals surface area contributed by atoms with Gasteiger partial charge in [-0.2, -0.15) is 0 Å². The summed E-state index contributed by atoms with van der Waals surface area (Å²) < 4.78 is 0. The number of carbonyl (C=O) groups is 1. The van der Waals surface area contributed by atoms with E-state index in [0.717, 1.165) is 44.5 Å². The molecular formula is C22H27N3O. The number of amides is 1. The maximum atomic E-state index is 12.9. The minimum absolute atomic E-state index is 0.0780. The highest BCUT2D eigenvalue weighted by atomic mass is 16.2. The molecule has 2 heterocycles. The smallest absolute Gasteiger partial charge is 0.224 e. The quantitative estimate of drug-likeness (QED) is 0.872. The third-order valence-corrected chi connectivity index (χ3v) is 6.03. The van der Waals surface area contributed by atoms with E-state index < -0.39 is 0 Å². The summed E-state index contributed by atoms with van der Waals surface area (Å²) in [5, 5.41) is 6.71. The fourth-order valence-corrected chi connectivity index (χ4v) is 4.24. The van der Waals surface area contributed by atoms with Gasteiger partial charge in [-0.15, -0.1) is 0 Å². The number of aromatic nitrogens is 1. The average molecular weight is 349 g/mol. The highest BCUT2D eigenvalue weighted by Gasteiger charge is 2.57. The van der Waals surface area contributed by atoms with E-state index in [-0.39, 0.29) is 23.3 Å². The molecule has 1 amide bonds. The van der Waals surface area contributed by atoms with Gasteiger partial charge >= 0.3 is 0 Å². The van der Waals surface area contributed by atoms with Crippen LogP contribution in [0.2, 0.25) is 0 Å². The fraction of sp³-hybridized carbons (Fsp3) is 0.455. The van der Waals surface area contributed by atoms with Crippen molar-refractivity contribution in [3.05, 3.63) is 65.5 Å². The van der Waals surface area contributed by atoms with E-state index in [1.165, 1.54) is 11.1 Å². The van der Waals surface area contributed by atoms with Gasteiger partial charge in [0.2, 0.25) is 5.91 Å². The molecule has 1 spiro atoms. The number of rotatable bonds is 5. The Morgan fingerprint density at radius 1 is 1.23 bits per heavy atom. The second kappa shape index (κ2) is 7.20. The van der Waals surface area contributed by atoms with Gasteiger partial charge in [0.25, 0.3) is 0 Å². The van der Waals surface area contributed by atoms with Crippen LogP contribution in [-0.4, -0.2) is 24.0 Å². The Morgan fingerprint density at radius 3 is 2.69 bits per heavy atom. The second-order valence-corrected chi connectivity index (χ2v) is 7.87. The highest BCUT2D eigenvalue weighted by Crippen LogP contribution is 2.58. The summed E-state index contributed by atoms with van der Waals surface area (Å²) in [5.74, 6) is 0.378. The van der Waals surface area contributed by atoms with Crippen LogP contribution in [0, 0.1) is 18.3 Å². The highest BCUT2D eigenvalue weighted by molar-refractivity contribution is 5.83. The van der Waals surface area contributed by atoms with Crippen LogP contribution in [0.15, 0.2) is 48.7 Å². The molecule has 4 rings (SSSR count). The molecule has 136 valence electrons. The van der Waals surface area contributed by atoms with E-state index >= 15 is 0 Å². The number of piperidine rings is 1. The zero-order valence-corrected chi connectivity index (χ0v) is 15.4. The van der Waals surface area contributed by atoms with Gasteiger partial charge in [0.15, 0.2) is 0 Å². The first-order valence-corrected chi connectivity index (χ1v) is 9.64. The lowest BCUT2D eigenvalue weighted by Gasteiger charge is -2.24. The summed E-state index contributed by atoms with van der Waals surface area (Å²) in [6, 6.07) is 14.4. The Labute approximate surface area is 155 Å². The zero-order valence-electron chi connectivity index (χ0n) is 15.4. The van der Waals surface area contributed by atoms with Gasteiger partial charge in [0.1, 0.15) is 0 Å². The first kappa shape index (κ1) is 17.2. The SMILES string of the molecule is Cc1ccc(CC(NC(=O)C2CC23CCNCC3)c2ccccn2)cc1. The number of hydrogen-bond donors (Lipinski definition) is 2. The number of nitrogens with zero attached hydrogens (tertiary/aromatic N) is 1. The standard InChI is InChI=1S/C22H27N3O/c1-16-5-7-17(8-6-16)14-20(19-4-2-3-11-24-19)25-21(26)18-15-22(18)9-12-23-13-10-22/h2-8,11,18,20,23H,9-10,12-15H2,1H3,(H,25,26). The van der Waals surface area contributed by atoms with E-state index in [9.17, 15) is 4.79 Å². The number of pyridine rings is 1. The molecule has 1 aromatic heterocycles. The van der Waals surface area contributed by atoms with Gasteiger partial charge in [-0.3, -0.25) is 9.78 Å². The number of benzene rings is 1. The van der Waals surface area contributed by atoms with Gasteiger partial charge in [-0.1, -0.05) is 35.9 Å². The van der Waals surface area contributed by atoms with E-state index in [4.69, 9.17) is 0 Å². The molecule has 2 N–H and O–H groups in total. The molecule has 1 aliphatic heterocycles. The van der Waals surface area contributed by atoms with Gasteiger partial charge < -0.3 is 10.6 Å². The molecule has 4 heteroatoms. The van der Waals surface area contributed by atoms with E-state index in [1.807, 2.05) is 18.2 Å². The Balaban J connectivity index is 1.48. The van der Waals surface area contributed by atoms with Crippen molar-refractivity contribution in [2.45, 2.75) is 38.6 Å². The predicted octanol–water partition coefficient (Wildman–Crippen LogP) is 3.18. The van der Waals surface area contributed by atoms with Crippen LogP contribution < -0.4 is 10.6 Å². The molecule has 2 aliphatic rings. The number of aryl methyl sites for hydroxylation is 1. The molecule has 2 atom stereocenters. The lowest BCUT2D eigenvalue weighted by Crippen LogP contribution is -2.36. The number of carbonyl (C=O) groups excluding carboxylic acids is 1. The van der Waals surface area contributed by atoms with Crippen LogP contribution in [0.4, 0.5) is 0 Å². The Morgan fingerprint density at radius 2 is 2.00 bits per heavy atom. The number of nitrogens with one attached hydrogen (secondary N) is 2. The van der Waals surface area contributed by atoms with Gasteiger partial charge in [0.05, 0.1) is 11.7 Å². The molecule has 1 aromatic carbocycles. The van der Waals surface area contributed by atoms with E-state index in [1.54, 1.807) is 6.20 Å². The van der Waals surface area contributed by atoms with Crippen molar-refractivity contribution in [3.8, 4) is 0 Å². The number of hydrogen-bond acceptors (Lipinski definition) is 3. The average Bonchev–Trinajstić information content (AvgIpc) is 3.37. The first-order chi connectivity index (χ1) is 12.7. The summed E-state index contributed by atoms with van der Waals surface area (Å²) in [5.41, 5.74) is 3.66. The van der Waals surface area contributed by atoms with Gasteiger partial charge in [-0.25, -0.2) is 0 Å². The molecule has 0 bridgehead atoms. The van der Waals surface area contributed by atoms with Gasteiger partial charge in [-0.05, 0) is 68.8 Å². The second-order valence-electron chi connectivity index (χ2n) is 7.87. The zero-order chi connectivity index (χ0) is 18.0. The minimum Gasteiger partial charge on any atom is -0.347 e. The molecule has 2 aromatic rings. The van der Waals surface area contributed by atoms with Crippen LogP contribution in [0.25, 0.3) is 0 Å². The Kier molecular flexibility index (Phi) is 4.77. The third-order valence-electron chi connectivity index (χ3n) is 6.03. The van der Waals surface area contributed by atoms with Crippen LogP contribution in [0.3, 0.4) is 0 Å². The normalized spacial score (nSPS) is 22.0. The molecule has 26 heavy (non-hydrogen) atoms. The summed E-state index contributed by atoms with van der Waals surface area (Å²) in [6.07, 6.45) is 5.86. The van der Waals surface area contributed by atoms with Crippen LogP contribution in [0.1, 0.15) is 42.1 Å². The van der Waals surface area contributed by atoms with Crippen molar-refractivity contribution in [1.29, 1.82) is 0 Å². The Hall–Kier alpha value is -2.20. The molecule has 2 fully saturated rings. The Bertz CT molecular complexity index is 751. The van der Waals surface area contributed by atoms with Crippen LogP contribution in [-0.2, 0) is 11.2 Å². The molecule has 2 unspecified atom stereocenters. The minimum atomic E-state index is -0.0780. The predicted molar refractivity (Wildman–Crippen MR) is 103 cm³/mol. The van der Waals surface area contributed by atoms with Crippen molar-refractivity contribution in [2.75, 3.05) is 13.1 Å². The maximum Gasteiger partial charge on any atom is 0.224 e. The summed E-state index contributed by atoms with van der Waals surface area (Å²) in [4.78, 5) is 17.5. The van der Waals surface area contributed by atoms with Crippen molar-refractivity contribution in [2.24, 2.45) is 11.3 Å².